The molecule has 1 amide bonds. The lowest BCUT2D eigenvalue weighted by Gasteiger charge is -2.15. The second-order valence-electron chi connectivity index (χ2n) is 3.79. The van der Waals surface area contributed by atoms with E-state index in [0.717, 1.165) is 25.8 Å². The highest BCUT2D eigenvalue weighted by Gasteiger charge is 2.33. The van der Waals surface area contributed by atoms with Crippen LogP contribution in [0.25, 0.3) is 0 Å². The summed E-state index contributed by atoms with van der Waals surface area (Å²) in [4.78, 5) is 23.7. The number of carboxylic acid groups (broad SMARTS) is 1. The SMILES string of the molecule is C.CCCCCN1CC(C(=O)O)CC1=O. The van der Waals surface area contributed by atoms with Gasteiger partial charge in [0, 0.05) is 19.5 Å². The van der Waals surface area contributed by atoms with E-state index in [9.17, 15) is 9.59 Å². The molecule has 4 heteroatoms. The maximum Gasteiger partial charge on any atom is 0.308 e. The van der Waals surface area contributed by atoms with E-state index in [2.05, 4.69) is 6.92 Å². The molecule has 0 spiro atoms. The first-order valence-electron chi connectivity index (χ1n) is 5.15. The molecule has 15 heavy (non-hydrogen) atoms. The van der Waals surface area contributed by atoms with Crippen molar-refractivity contribution in [2.24, 2.45) is 5.92 Å². The van der Waals surface area contributed by atoms with Crippen molar-refractivity contribution in [2.45, 2.75) is 40.0 Å². The second-order valence-corrected chi connectivity index (χ2v) is 3.79. The fraction of sp³-hybridized carbons (Fsp3) is 0.818. The Labute approximate surface area is 91.3 Å². The highest BCUT2D eigenvalue weighted by atomic mass is 16.4. The van der Waals surface area contributed by atoms with Gasteiger partial charge in [-0.05, 0) is 6.42 Å². The molecule has 0 aromatic carbocycles. The van der Waals surface area contributed by atoms with Crippen molar-refractivity contribution in [2.75, 3.05) is 13.1 Å². The Morgan fingerprint density at radius 3 is 2.67 bits per heavy atom. The van der Waals surface area contributed by atoms with Crippen molar-refractivity contribution in [1.29, 1.82) is 0 Å². The molecule has 1 unspecified atom stereocenters. The summed E-state index contributed by atoms with van der Waals surface area (Å²) >= 11 is 0. The third-order valence-corrected chi connectivity index (χ3v) is 2.60. The summed E-state index contributed by atoms with van der Waals surface area (Å²) in [5.41, 5.74) is 0. The van der Waals surface area contributed by atoms with Gasteiger partial charge in [0.15, 0.2) is 0 Å². The molecule has 1 aliphatic heterocycles. The minimum Gasteiger partial charge on any atom is -0.481 e. The molecule has 1 aliphatic rings. The molecule has 4 nitrogen and oxygen atoms in total. The summed E-state index contributed by atoms with van der Waals surface area (Å²) in [6.45, 7) is 3.22. The van der Waals surface area contributed by atoms with Crippen LogP contribution in [0, 0.1) is 5.92 Å². The molecule has 0 saturated carbocycles. The molecule has 88 valence electrons. The maximum absolute atomic E-state index is 11.3. The zero-order valence-corrected chi connectivity index (χ0v) is 8.53. The first kappa shape index (κ1) is 13.9. The van der Waals surface area contributed by atoms with Gasteiger partial charge in [-0.25, -0.2) is 0 Å². The van der Waals surface area contributed by atoms with Crippen LogP contribution in [0.4, 0.5) is 0 Å². The minimum absolute atomic E-state index is 0. The monoisotopic (exact) mass is 215 g/mol. The van der Waals surface area contributed by atoms with Crippen LogP contribution in [0.5, 0.6) is 0 Å². The van der Waals surface area contributed by atoms with Crippen LogP contribution in [0.2, 0.25) is 0 Å². The van der Waals surface area contributed by atoms with Gasteiger partial charge in [-0.2, -0.15) is 0 Å². The van der Waals surface area contributed by atoms with Crippen LogP contribution >= 0.6 is 0 Å². The summed E-state index contributed by atoms with van der Waals surface area (Å²) in [5.74, 6) is -1.34. The highest BCUT2D eigenvalue weighted by molar-refractivity contribution is 5.86. The normalized spacial score (nSPS) is 20.2. The first-order chi connectivity index (χ1) is 6.65. The molecule has 1 atom stereocenters. The van der Waals surface area contributed by atoms with Crippen molar-refractivity contribution >= 4 is 11.9 Å². The van der Waals surface area contributed by atoms with E-state index in [-0.39, 0.29) is 19.8 Å². The molecule has 0 aliphatic carbocycles. The van der Waals surface area contributed by atoms with Crippen LogP contribution in [0.1, 0.15) is 40.0 Å². The van der Waals surface area contributed by atoms with Gasteiger partial charge < -0.3 is 10.0 Å². The first-order valence-corrected chi connectivity index (χ1v) is 5.15. The number of hydrogen-bond acceptors (Lipinski definition) is 2. The van der Waals surface area contributed by atoms with Gasteiger partial charge in [0.05, 0.1) is 5.92 Å². The average molecular weight is 215 g/mol. The predicted molar refractivity (Wildman–Crippen MR) is 58.6 cm³/mol. The number of likely N-dealkylation sites (tertiary alicyclic amines) is 1. The summed E-state index contributed by atoms with van der Waals surface area (Å²) in [5, 5.41) is 8.74. The van der Waals surface area contributed by atoms with Gasteiger partial charge in [0.2, 0.25) is 5.91 Å². The van der Waals surface area contributed by atoms with Crippen molar-refractivity contribution in [3.63, 3.8) is 0 Å². The number of unbranched alkanes of at least 4 members (excludes halogenated alkanes) is 2. The van der Waals surface area contributed by atoms with Gasteiger partial charge in [-0.1, -0.05) is 27.2 Å². The number of carbonyl (C=O) groups is 2. The number of carboxylic acids is 1. The maximum atomic E-state index is 11.3. The topological polar surface area (TPSA) is 57.6 Å². The van der Waals surface area contributed by atoms with E-state index in [0.29, 0.717) is 6.54 Å². The van der Waals surface area contributed by atoms with Crippen molar-refractivity contribution in [3.8, 4) is 0 Å². The summed E-state index contributed by atoms with van der Waals surface area (Å²) in [6.07, 6.45) is 3.38. The fourth-order valence-corrected chi connectivity index (χ4v) is 1.71. The van der Waals surface area contributed by atoms with Crippen LogP contribution < -0.4 is 0 Å². The number of nitrogens with zero attached hydrogens (tertiary/aromatic N) is 1. The van der Waals surface area contributed by atoms with E-state index in [1.807, 2.05) is 0 Å². The quantitative estimate of drug-likeness (QED) is 0.711. The Kier molecular flexibility index (Phi) is 5.97. The average Bonchev–Trinajstić information content (AvgIpc) is 2.49. The van der Waals surface area contributed by atoms with Crippen LogP contribution in [0.3, 0.4) is 0 Å². The lowest BCUT2D eigenvalue weighted by Crippen LogP contribution is -2.27. The Balaban J connectivity index is 0.00000196. The van der Waals surface area contributed by atoms with Gasteiger partial charge >= 0.3 is 5.97 Å². The summed E-state index contributed by atoms with van der Waals surface area (Å²) in [7, 11) is 0. The molecule has 0 aromatic rings. The Bertz CT molecular complexity index is 228. The Hall–Kier alpha value is -1.06. The Morgan fingerprint density at radius 2 is 2.20 bits per heavy atom. The Morgan fingerprint density at radius 1 is 1.53 bits per heavy atom. The summed E-state index contributed by atoms with van der Waals surface area (Å²) in [6, 6.07) is 0. The molecule has 0 bridgehead atoms. The smallest absolute Gasteiger partial charge is 0.308 e. The number of aliphatic carboxylic acids is 1. The molecule has 1 saturated heterocycles. The molecule has 0 radical (unpaired) electrons. The number of amides is 1. The second kappa shape index (κ2) is 6.43. The lowest BCUT2D eigenvalue weighted by molar-refractivity contribution is -0.141. The van der Waals surface area contributed by atoms with Gasteiger partial charge in [0.25, 0.3) is 0 Å². The third-order valence-electron chi connectivity index (χ3n) is 2.60. The van der Waals surface area contributed by atoms with E-state index < -0.39 is 11.9 Å². The minimum atomic E-state index is -0.851. The zero-order valence-electron chi connectivity index (χ0n) is 8.53. The summed E-state index contributed by atoms with van der Waals surface area (Å²) < 4.78 is 0. The number of carbonyl (C=O) groups excluding carboxylic acids is 1. The van der Waals surface area contributed by atoms with E-state index >= 15 is 0 Å². The predicted octanol–water partition coefficient (Wildman–Crippen LogP) is 1.75. The third kappa shape index (κ3) is 3.90. The molecular weight excluding hydrogens is 194 g/mol. The highest BCUT2D eigenvalue weighted by Crippen LogP contribution is 2.18. The lowest BCUT2D eigenvalue weighted by atomic mass is 10.1. The van der Waals surface area contributed by atoms with Gasteiger partial charge in [0.1, 0.15) is 0 Å². The zero-order chi connectivity index (χ0) is 10.6. The van der Waals surface area contributed by atoms with Gasteiger partial charge in [-0.3, -0.25) is 9.59 Å². The molecule has 0 aromatic heterocycles. The van der Waals surface area contributed by atoms with Crippen LogP contribution in [-0.4, -0.2) is 35.0 Å². The molecule has 1 rings (SSSR count). The molecular formula is C11H21NO3. The van der Waals surface area contributed by atoms with E-state index in [1.165, 1.54) is 0 Å². The largest absolute Gasteiger partial charge is 0.481 e. The molecule has 1 N–H and O–H groups in total. The van der Waals surface area contributed by atoms with Gasteiger partial charge in [-0.15, -0.1) is 0 Å². The number of rotatable bonds is 5. The van der Waals surface area contributed by atoms with Crippen molar-refractivity contribution in [3.05, 3.63) is 0 Å². The molecule has 1 heterocycles. The van der Waals surface area contributed by atoms with Crippen molar-refractivity contribution < 1.29 is 14.7 Å². The standard InChI is InChI=1S/C10H17NO3.CH4/c1-2-3-4-5-11-7-8(10(13)14)6-9(11)12;/h8H,2-7H2,1H3,(H,13,14);1H4. The van der Waals surface area contributed by atoms with Crippen LogP contribution in [0.15, 0.2) is 0 Å². The van der Waals surface area contributed by atoms with E-state index in [1.54, 1.807) is 4.90 Å². The molecule has 1 fully saturated rings. The fourth-order valence-electron chi connectivity index (χ4n) is 1.71. The van der Waals surface area contributed by atoms with Crippen LogP contribution in [-0.2, 0) is 9.59 Å². The number of hydrogen-bond donors (Lipinski definition) is 1. The van der Waals surface area contributed by atoms with E-state index in [4.69, 9.17) is 5.11 Å². The van der Waals surface area contributed by atoms with Crippen molar-refractivity contribution in [1.82, 2.24) is 4.90 Å².